The van der Waals surface area contributed by atoms with Gasteiger partial charge in [0.15, 0.2) is 4.96 Å². The number of nitrogens with two attached hydrogens (primary N) is 1. The van der Waals surface area contributed by atoms with Gasteiger partial charge in [-0.1, -0.05) is 0 Å². The van der Waals surface area contributed by atoms with Gasteiger partial charge in [-0.15, -0.1) is 11.3 Å². The number of carbonyl (C=O) groups excluding carboxylic acids is 1. The molecule has 0 aliphatic rings. The minimum atomic E-state index is -0.516. The number of aromatic nitrogens is 2. The SMILES string of the molecule is CCOC(=O)C(N)CCSCc1cn2ccsc2n1. The Morgan fingerprint density at radius 2 is 2.53 bits per heavy atom. The lowest BCUT2D eigenvalue weighted by molar-refractivity contribution is -0.144. The number of carbonyl (C=O) groups is 1. The van der Waals surface area contributed by atoms with Crippen molar-refractivity contribution < 1.29 is 9.53 Å². The van der Waals surface area contributed by atoms with Crippen molar-refractivity contribution >= 4 is 34.0 Å². The van der Waals surface area contributed by atoms with Crippen molar-refractivity contribution in [2.45, 2.75) is 25.1 Å². The summed E-state index contributed by atoms with van der Waals surface area (Å²) in [4.78, 5) is 16.8. The molecule has 0 saturated carbocycles. The standard InChI is InChI=1S/C12H17N3O2S2/c1-2-17-11(16)10(13)3-5-18-8-9-7-15-4-6-19-12(15)14-9/h4,6-7,10H,2-3,5,8,13H2,1H3. The van der Waals surface area contributed by atoms with Gasteiger partial charge < -0.3 is 10.5 Å². The lowest BCUT2D eigenvalue weighted by Gasteiger charge is -2.09. The summed E-state index contributed by atoms with van der Waals surface area (Å²) in [6.07, 6.45) is 4.66. The number of nitrogens with zero attached hydrogens (tertiary/aromatic N) is 2. The number of rotatable bonds is 7. The first-order chi connectivity index (χ1) is 9.20. The molecule has 1 unspecified atom stereocenters. The van der Waals surface area contributed by atoms with Crippen molar-refractivity contribution in [3.05, 3.63) is 23.5 Å². The van der Waals surface area contributed by atoms with E-state index in [-0.39, 0.29) is 5.97 Å². The third-order valence-electron chi connectivity index (χ3n) is 2.56. The summed E-state index contributed by atoms with van der Waals surface area (Å²) in [6, 6.07) is -0.516. The van der Waals surface area contributed by atoms with E-state index < -0.39 is 6.04 Å². The van der Waals surface area contributed by atoms with Crippen LogP contribution in [0.25, 0.3) is 4.96 Å². The van der Waals surface area contributed by atoms with Crippen LogP contribution in [0.4, 0.5) is 0 Å². The molecular weight excluding hydrogens is 282 g/mol. The number of hydrogen-bond acceptors (Lipinski definition) is 6. The largest absolute Gasteiger partial charge is 0.465 e. The number of fused-ring (bicyclic) bond motifs is 1. The smallest absolute Gasteiger partial charge is 0.322 e. The second-order valence-electron chi connectivity index (χ2n) is 4.02. The molecule has 2 aromatic rings. The minimum absolute atomic E-state index is 0.314. The fraction of sp³-hybridized carbons (Fsp3) is 0.500. The second-order valence-corrected chi connectivity index (χ2v) is 6.00. The molecule has 0 bridgehead atoms. The number of thiazole rings is 1. The average molecular weight is 299 g/mol. The Labute approximate surface area is 120 Å². The van der Waals surface area contributed by atoms with E-state index >= 15 is 0 Å². The Morgan fingerprint density at radius 1 is 1.68 bits per heavy atom. The molecule has 0 amide bonds. The van der Waals surface area contributed by atoms with Gasteiger partial charge in [-0.25, -0.2) is 4.98 Å². The summed E-state index contributed by atoms with van der Waals surface area (Å²) >= 11 is 3.35. The van der Waals surface area contributed by atoms with Crippen molar-refractivity contribution in [2.75, 3.05) is 12.4 Å². The summed E-state index contributed by atoms with van der Waals surface area (Å²) in [6.45, 7) is 2.16. The first kappa shape index (κ1) is 14.4. The van der Waals surface area contributed by atoms with Crippen LogP contribution in [-0.4, -0.2) is 33.8 Å². The molecule has 0 fully saturated rings. The molecule has 0 radical (unpaired) electrons. The van der Waals surface area contributed by atoms with Gasteiger partial charge in [0, 0.05) is 23.5 Å². The van der Waals surface area contributed by atoms with Crippen LogP contribution in [0.2, 0.25) is 0 Å². The molecule has 5 nitrogen and oxygen atoms in total. The zero-order valence-corrected chi connectivity index (χ0v) is 12.4. The average Bonchev–Trinajstić information content (AvgIpc) is 2.95. The van der Waals surface area contributed by atoms with Crippen LogP contribution in [0.15, 0.2) is 17.8 Å². The quantitative estimate of drug-likeness (QED) is 0.625. The monoisotopic (exact) mass is 299 g/mol. The molecular formula is C12H17N3O2S2. The molecule has 2 N–H and O–H groups in total. The van der Waals surface area contributed by atoms with Gasteiger partial charge in [0.2, 0.25) is 0 Å². The maximum atomic E-state index is 11.3. The van der Waals surface area contributed by atoms with Crippen molar-refractivity contribution in [1.82, 2.24) is 9.38 Å². The Bertz CT molecular complexity index is 509. The van der Waals surface area contributed by atoms with E-state index in [0.717, 1.165) is 22.2 Å². The van der Waals surface area contributed by atoms with Crippen molar-refractivity contribution in [2.24, 2.45) is 5.73 Å². The highest BCUT2D eigenvalue weighted by atomic mass is 32.2. The topological polar surface area (TPSA) is 69.6 Å². The molecule has 2 heterocycles. The van der Waals surface area contributed by atoms with E-state index in [2.05, 4.69) is 4.98 Å². The first-order valence-electron chi connectivity index (χ1n) is 6.11. The van der Waals surface area contributed by atoms with Crippen LogP contribution in [0.5, 0.6) is 0 Å². The third-order valence-corrected chi connectivity index (χ3v) is 4.35. The second kappa shape index (κ2) is 6.93. The van der Waals surface area contributed by atoms with Gasteiger partial charge in [0.25, 0.3) is 0 Å². The fourth-order valence-electron chi connectivity index (χ4n) is 1.60. The number of hydrogen-bond donors (Lipinski definition) is 1. The minimum Gasteiger partial charge on any atom is -0.465 e. The maximum absolute atomic E-state index is 11.3. The fourth-order valence-corrected chi connectivity index (χ4v) is 3.23. The summed E-state index contributed by atoms with van der Waals surface area (Å²) in [7, 11) is 0. The Balaban J connectivity index is 1.69. The van der Waals surface area contributed by atoms with Gasteiger partial charge in [0.1, 0.15) is 6.04 Å². The molecule has 2 rings (SSSR count). The molecule has 0 aliphatic carbocycles. The molecule has 1 atom stereocenters. The van der Waals surface area contributed by atoms with Crippen LogP contribution in [0.1, 0.15) is 19.0 Å². The molecule has 104 valence electrons. The molecule has 0 saturated heterocycles. The van der Waals surface area contributed by atoms with E-state index in [1.807, 2.05) is 22.2 Å². The summed E-state index contributed by atoms with van der Waals surface area (Å²) < 4.78 is 6.88. The lowest BCUT2D eigenvalue weighted by atomic mass is 10.2. The summed E-state index contributed by atoms with van der Waals surface area (Å²) in [5, 5.41) is 2.01. The van der Waals surface area contributed by atoms with Gasteiger partial charge in [-0.2, -0.15) is 11.8 Å². The highest BCUT2D eigenvalue weighted by Crippen LogP contribution is 2.16. The zero-order valence-electron chi connectivity index (χ0n) is 10.7. The Kier molecular flexibility index (Phi) is 5.24. The molecule has 7 heteroatoms. The highest BCUT2D eigenvalue weighted by molar-refractivity contribution is 7.98. The van der Waals surface area contributed by atoms with E-state index in [9.17, 15) is 4.79 Å². The molecule has 0 spiro atoms. The van der Waals surface area contributed by atoms with E-state index in [0.29, 0.717) is 13.0 Å². The third kappa shape index (κ3) is 3.95. The summed E-state index contributed by atoms with van der Waals surface area (Å²) in [5.41, 5.74) is 6.78. The molecule has 0 aliphatic heterocycles. The van der Waals surface area contributed by atoms with E-state index in [4.69, 9.17) is 10.5 Å². The van der Waals surface area contributed by atoms with E-state index in [1.54, 1.807) is 30.0 Å². The van der Waals surface area contributed by atoms with Crippen LogP contribution in [0, 0.1) is 0 Å². The predicted molar refractivity (Wildman–Crippen MR) is 78.5 cm³/mol. The van der Waals surface area contributed by atoms with Crippen molar-refractivity contribution in [3.8, 4) is 0 Å². The normalized spacial score (nSPS) is 12.7. The zero-order chi connectivity index (χ0) is 13.7. The lowest BCUT2D eigenvalue weighted by Crippen LogP contribution is -2.32. The Morgan fingerprint density at radius 3 is 3.26 bits per heavy atom. The van der Waals surface area contributed by atoms with E-state index in [1.165, 1.54) is 0 Å². The van der Waals surface area contributed by atoms with Gasteiger partial charge in [0.05, 0.1) is 12.3 Å². The first-order valence-corrected chi connectivity index (χ1v) is 8.15. The maximum Gasteiger partial charge on any atom is 0.322 e. The van der Waals surface area contributed by atoms with Gasteiger partial charge in [-0.05, 0) is 19.1 Å². The van der Waals surface area contributed by atoms with Gasteiger partial charge in [-0.3, -0.25) is 9.20 Å². The van der Waals surface area contributed by atoms with Crippen LogP contribution in [0.3, 0.4) is 0 Å². The number of imidazole rings is 1. The number of thioether (sulfide) groups is 1. The van der Waals surface area contributed by atoms with Crippen molar-refractivity contribution in [1.29, 1.82) is 0 Å². The number of esters is 1. The van der Waals surface area contributed by atoms with Crippen molar-refractivity contribution in [3.63, 3.8) is 0 Å². The number of ether oxygens (including phenoxy) is 1. The highest BCUT2D eigenvalue weighted by Gasteiger charge is 2.13. The van der Waals surface area contributed by atoms with Crippen LogP contribution in [-0.2, 0) is 15.3 Å². The molecule has 19 heavy (non-hydrogen) atoms. The van der Waals surface area contributed by atoms with Gasteiger partial charge >= 0.3 is 5.97 Å². The van der Waals surface area contributed by atoms with Crippen LogP contribution >= 0.6 is 23.1 Å². The predicted octanol–water partition coefficient (Wildman–Crippen LogP) is 1.91. The molecule has 0 aromatic carbocycles. The Hall–Kier alpha value is -1.05. The molecule has 2 aromatic heterocycles. The summed E-state index contributed by atoms with van der Waals surface area (Å²) in [5.74, 6) is 1.35. The van der Waals surface area contributed by atoms with Crippen LogP contribution < -0.4 is 5.73 Å².